The molecule has 0 radical (unpaired) electrons. The van der Waals surface area contributed by atoms with E-state index in [9.17, 15) is 19.6 Å². The fraction of sp³-hybridized carbons (Fsp3) is 0.231. The maximum atomic E-state index is 13.9. The molecule has 0 unspecified atom stereocenters. The first kappa shape index (κ1) is 25.4. The molecular formula is C26H23ClN4O4S. The minimum absolute atomic E-state index is 0.0188. The number of anilines is 1. The average Bonchev–Trinajstić information content (AvgIpc) is 3.16. The Labute approximate surface area is 217 Å². The number of benzene rings is 2. The van der Waals surface area contributed by atoms with Crippen molar-refractivity contribution in [1.29, 1.82) is 5.26 Å². The van der Waals surface area contributed by atoms with Gasteiger partial charge in [-0.15, -0.1) is 0 Å². The number of nitrogens with two attached hydrogens (primary N) is 1. The maximum absolute atomic E-state index is 13.9. The summed E-state index contributed by atoms with van der Waals surface area (Å²) in [5.74, 6) is -2.59. The number of thioether (sulfide) groups is 1. The molecule has 4 rings (SSSR count). The van der Waals surface area contributed by atoms with Crippen LogP contribution in [0.4, 0.5) is 5.69 Å². The number of esters is 1. The Bertz CT molecular complexity index is 1390. The van der Waals surface area contributed by atoms with Gasteiger partial charge in [0.25, 0.3) is 5.91 Å². The van der Waals surface area contributed by atoms with Gasteiger partial charge in [0.05, 0.1) is 41.7 Å². The van der Waals surface area contributed by atoms with Gasteiger partial charge in [-0.05, 0) is 37.1 Å². The molecule has 36 heavy (non-hydrogen) atoms. The molecule has 2 aliphatic heterocycles. The van der Waals surface area contributed by atoms with Crippen LogP contribution in [0.1, 0.15) is 29.0 Å². The lowest BCUT2D eigenvalue weighted by Gasteiger charge is -2.32. The molecule has 0 aliphatic carbocycles. The van der Waals surface area contributed by atoms with Gasteiger partial charge in [-0.25, -0.2) is 0 Å². The van der Waals surface area contributed by atoms with Crippen molar-refractivity contribution in [3.63, 3.8) is 0 Å². The number of amides is 2. The van der Waals surface area contributed by atoms with E-state index in [4.69, 9.17) is 22.1 Å². The number of hydrogen-bond acceptors (Lipinski definition) is 7. The van der Waals surface area contributed by atoms with E-state index in [1.165, 1.54) is 7.11 Å². The van der Waals surface area contributed by atoms with Crippen molar-refractivity contribution < 1.29 is 19.1 Å². The van der Waals surface area contributed by atoms with E-state index in [-0.39, 0.29) is 28.4 Å². The van der Waals surface area contributed by atoms with Gasteiger partial charge in [-0.1, -0.05) is 59.3 Å². The number of methoxy groups -OCH3 is 1. The lowest BCUT2D eigenvalue weighted by molar-refractivity contribution is -0.142. The number of fused-ring (bicyclic) bond motifs is 1. The van der Waals surface area contributed by atoms with Gasteiger partial charge in [0.15, 0.2) is 0 Å². The highest BCUT2D eigenvalue weighted by molar-refractivity contribution is 8.04. The maximum Gasteiger partial charge on any atom is 0.307 e. The second-order valence-corrected chi connectivity index (χ2v) is 10.0. The number of rotatable bonds is 5. The monoisotopic (exact) mass is 522 g/mol. The van der Waals surface area contributed by atoms with E-state index in [0.717, 1.165) is 27.8 Å². The van der Waals surface area contributed by atoms with Crippen LogP contribution in [0.3, 0.4) is 0 Å². The third-order valence-corrected chi connectivity index (χ3v) is 7.69. The summed E-state index contributed by atoms with van der Waals surface area (Å²) in [5, 5.41) is 12.8. The van der Waals surface area contributed by atoms with Gasteiger partial charge in [-0.3, -0.25) is 19.3 Å². The summed E-state index contributed by atoms with van der Waals surface area (Å²) in [7, 11) is 1.23. The van der Waals surface area contributed by atoms with Gasteiger partial charge in [0.2, 0.25) is 5.91 Å². The number of nitriles is 1. The third-order valence-electron chi connectivity index (χ3n) is 6.07. The zero-order chi connectivity index (χ0) is 26.1. The molecule has 8 nitrogen and oxygen atoms in total. The Kier molecular flexibility index (Phi) is 7.11. The molecule has 0 spiro atoms. The van der Waals surface area contributed by atoms with Crippen LogP contribution < -0.4 is 11.1 Å². The smallest absolute Gasteiger partial charge is 0.307 e. The van der Waals surface area contributed by atoms with Crippen molar-refractivity contribution in [3.8, 4) is 6.07 Å². The molecule has 1 fully saturated rings. The van der Waals surface area contributed by atoms with Crippen LogP contribution in [0.5, 0.6) is 0 Å². The average molecular weight is 523 g/mol. The molecule has 10 heteroatoms. The highest BCUT2D eigenvalue weighted by Gasteiger charge is 2.49. The first-order valence-corrected chi connectivity index (χ1v) is 12.3. The van der Waals surface area contributed by atoms with Crippen molar-refractivity contribution >= 4 is 46.8 Å². The van der Waals surface area contributed by atoms with E-state index >= 15 is 0 Å². The molecule has 0 aromatic heterocycles. The highest BCUT2D eigenvalue weighted by Crippen LogP contribution is 2.51. The van der Waals surface area contributed by atoms with Gasteiger partial charge in [0.1, 0.15) is 11.1 Å². The summed E-state index contributed by atoms with van der Waals surface area (Å²) in [5.41, 5.74) is 9.50. The third kappa shape index (κ3) is 4.45. The first-order valence-electron chi connectivity index (χ1n) is 11.0. The summed E-state index contributed by atoms with van der Waals surface area (Å²) in [6.45, 7) is 3.82. The quantitative estimate of drug-likeness (QED) is 0.566. The topological polar surface area (TPSA) is 126 Å². The number of allylic oxidation sites excluding steroid dienone is 1. The van der Waals surface area contributed by atoms with Gasteiger partial charge in [0, 0.05) is 10.7 Å². The number of halogens is 1. The molecule has 2 aromatic carbocycles. The van der Waals surface area contributed by atoms with Crippen LogP contribution >= 0.6 is 23.4 Å². The number of carbonyl (C=O) groups excluding carboxylic acids is 3. The number of aryl methyl sites for hydroxylation is 2. The van der Waals surface area contributed by atoms with Crippen LogP contribution in [0, 0.1) is 25.2 Å². The Morgan fingerprint density at radius 2 is 1.97 bits per heavy atom. The molecule has 2 amide bonds. The number of nitrogens with zero attached hydrogens (tertiary/aromatic N) is 2. The number of nitrogens with one attached hydrogen (secondary N) is 1. The summed E-state index contributed by atoms with van der Waals surface area (Å²) in [6, 6.07) is 14.5. The lowest BCUT2D eigenvalue weighted by atomic mass is 9.82. The van der Waals surface area contributed by atoms with Gasteiger partial charge >= 0.3 is 5.97 Å². The molecule has 1 saturated heterocycles. The number of carbonyl (C=O) groups is 3. The number of hydrogen-bond donors (Lipinski definition) is 2. The summed E-state index contributed by atoms with van der Waals surface area (Å²) in [4.78, 5) is 40.3. The summed E-state index contributed by atoms with van der Waals surface area (Å²) in [6.07, 6.45) is -0.210. The standard InChI is InChI=1S/C26H23ClN4O4S/c1-13-8-9-18(14(2)10-13)30-24(33)22-21(15-6-4-5-7-17(15)27)16(12-28)23(29)31-25(34)19(36-26(22)31)11-20(32)35-3/h4-10,19,21H,11,29H2,1-3H3,(H,30,33)/t19-,21+/m1/s1. The van der Waals surface area contributed by atoms with Crippen LogP contribution in [0.25, 0.3) is 0 Å². The molecule has 3 N–H and O–H groups in total. The molecule has 2 atom stereocenters. The van der Waals surface area contributed by atoms with Crippen LogP contribution in [0.2, 0.25) is 5.02 Å². The predicted molar refractivity (Wildman–Crippen MR) is 137 cm³/mol. The van der Waals surface area contributed by atoms with E-state index < -0.39 is 29.0 Å². The zero-order valence-electron chi connectivity index (χ0n) is 19.8. The first-order chi connectivity index (χ1) is 17.2. The predicted octanol–water partition coefficient (Wildman–Crippen LogP) is 4.11. The van der Waals surface area contributed by atoms with Crippen molar-refractivity contribution in [2.24, 2.45) is 5.73 Å². The van der Waals surface area contributed by atoms with Gasteiger partial charge < -0.3 is 15.8 Å². The van der Waals surface area contributed by atoms with Crippen LogP contribution in [-0.4, -0.2) is 35.0 Å². The van der Waals surface area contributed by atoms with Crippen LogP contribution in [0.15, 0.2) is 64.5 Å². The highest BCUT2D eigenvalue weighted by atomic mass is 35.5. The minimum atomic E-state index is -0.919. The molecule has 0 bridgehead atoms. The SMILES string of the molecule is COC(=O)C[C@H]1SC2=C(C(=O)Nc3ccc(C)cc3C)[C@@H](c3ccccc3Cl)C(C#N)=C(N)N2C1=O. The van der Waals surface area contributed by atoms with E-state index in [1.807, 2.05) is 26.0 Å². The largest absolute Gasteiger partial charge is 0.469 e. The zero-order valence-corrected chi connectivity index (χ0v) is 21.4. The fourth-order valence-corrected chi connectivity index (χ4v) is 5.88. The Balaban J connectivity index is 1.90. The minimum Gasteiger partial charge on any atom is -0.469 e. The second kappa shape index (κ2) is 10.1. The summed E-state index contributed by atoms with van der Waals surface area (Å²) < 4.78 is 4.73. The Hall–Kier alpha value is -3.74. The van der Waals surface area contributed by atoms with Crippen LogP contribution in [-0.2, 0) is 19.1 Å². The van der Waals surface area contributed by atoms with Crippen molar-refractivity contribution in [2.75, 3.05) is 12.4 Å². The normalized spacial score (nSPS) is 19.2. The molecule has 184 valence electrons. The van der Waals surface area contributed by atoms with Crippen molar-refractivity contribution in [3.05, 3.63) is 86.2 Å². The summed E-state index contributed by atoms with van der Waals surface area (Å²) >= 11 is 7.56. The Morgan fingerprint density at radius 3 is 2.61 bits per heavy atom. The molecular weight excluding hydrogens is 500 g/mol. The molecule has 0 saturated carbocycles. The Morgan fingerprint density at radius 1 is 1.25 bits per heavy atom. The molecule has 2 aromatic rings. The van der Waals surface area contributed by atoms with Crippen molar-refractivity contribution in [1.82, 2.24) is 4.90 Å². The van der Waals surface area contributed by atoms with E-state index in [2.05, 4.69) is 11.4 Å². The van der Waals surface area contributed by atoms with Crippen molar-refractivity contribution in [2.45, 2.75) is 31.4 Å². The number of ether oxygens (including phenoxy) is 1. The lowest BCUT2D eigenvalue weighted by Crippen LogP contribution is -2.39. The van der Waals surface area contributed by atoms with Gasteiger partial charge in [-0.2, -0.15) is 5.26 Å². The van der Waals surface area contributed by atoms with E-state index in [0.29, 0.717) is 16.3 Å². The fourth-order valence-electron chi connectivity index (χ4n) is 4.31. The molecule has 2 aliphatic rings. The second-order valence-electron chi connectivity index (χ2n) is 8.42. The van der Waals surface area contributed by atoms with E-state index in [1.54, 1.807) is 30.3 Å². The molecule has 2 heterocycles.